The Bertz CT molecular complexity index is 1110. The molecule has 2 aromatic rings. The Balaban J connectivity index is 0.00000253. The van der Waals surface area contributed by atoms with Gasteiger partial charge in [-0.25, -0.2) is 4.79 Å². The van der Waals surface area contributed by atoms with Gasteiger partial charge in [-0.15, -0.1) is 24.8 Å². The van der Waals surface area contributed by atoms with Crippen LogP contribution < -0.4 is 20.9 Å². The van der Waals surface area contributed by atoms with Crippen molar-refractivity contribution >= 4 is 42.7 Å². The molecule has 0 bridgehead atoms. The van der Waals surface area contributed by atoms with Crippen LogP contribution in [0.1, 0.15) is 42.6 Å². The van der Waals surface area contributed by atoms with Crippen LogP contribution >= 0.6 is 24.8 Å². The summed E-state index contributed by atoms with van der Waals surface area (Å²) >= 11 is 0. The maximum atomic E-state index is 12.8. The third-order valence-corrected chi connectivity index (χ3v) is 6.55. The quantitative estimate of drug-likeness (QED) is 0.226. The van der Waals surface area contributed by atoms with Crippen molar-refractivity contribution in [1.82, 2.24) is 9.80 Å². The maximum Gasteiger partial charge on any atom is 0.352 e. The number of fused-ring (bicyclic) bond motifs is 1. The molecule has 12 heteroatoms. The molecule has 0 aromatic heterocycles. The van der Waals surface area contributed by atoms with Gasteiger partial charge in [0, 0.05) is 44.6 Å². The minimum absolute atomic E-state index is 0. The lowest BCUT2D eigenvalue weighted by molar-refractivity contribution is -0.151. The molecule has 1 saturated heterocycles. The van der Waals surface area contributed by atoms with Crippen LogP contribution in [0, 0.1) is 10.8 Å². The van der Waals surface area contributed by atoms with Crippen molar-refractivity contribution < 1.29 is 19.0 Å². The first-order valence-corrected chi connectivity index (χ1v) is 12.2. The van der Waals surface area contributed by atoms with E-state index in [4.69, 9.17) is 36.5 Å². The molecular formula is C26H36Cl2N6O4. The number of hydrogen-bond donors (Lipinski definition) is 4. The van der Waals surface area contributed by atoms with Gasteiger partial charge in [0.05, 0.1) is 6.61 Å². The van der Waals surface area contributed by atoms with E-state index in [9.17, 15) is 4.79 Å². The minimum atomic E-state index is -0.927. The first-order chi connectivity index (χ1) is 17.3. The van der Waals surface area contributed by atoms with Crippen LogP contribution in [0.15, 0.2) is 42.5 Å². The van der Waals surface area contributed by atoms with E-state index < -0.39 is 12.1 Å². The number of halogens is 2. The summed E-state index contributed by atoms with van der Waals surface area (Å²) < 4.78 is 17.5. The second-order valence-electron chi connectivity index (χ2n) is 9.00. The average Bonchev–Trinajstić information content (AvgIpc) is 2.88. The van der Waals surface area contributed by atoms with Crippen LogP contribution in [0.2, 0.25) is 0 Å². The molecule has 2 aliphatic rings. The lowest BCUT2D eigenvalue weighted by atomic mass is 9.99. The van der Waals surface area contributed by atoms with E-state index in [-0.39, 0.29) is 49.4 Å². The number of rotatable bonds is 7. The molecule has 38 heavy (non-hydrogen) atoms. The van der Waals surface area contributed by atoms with Crippen molar-refractivity contribution in [2.75, 3.05) is 26.2 Å². The van der Waals surface area contributed by atoms with Crippen molar-refractivity contribution in [3.63, 3.8) is 0 Å². The van der Waals surface area contributed by atoms with Crippen molar-refractivity contribution in [2.24, 2.45) is 11.5 Å². The highest BCUT2D eigenvalue weighted by atomic mass is 35.5. The van der Waals surface area contributed by atoms with Crippen LogP contribution in [0.3, 0.4) is 0 Å². The molecule has 4 rings (SSSR count). The van der Waals surface area contributed by atoms with Crippen LogP contribution in [-0.4, -0.2) is 60.0 Å². The number of carbonyl (C=O) groups excluding carboxylic acids is 1. The number of benzene rings is 2. The average molecular weight is 568 g/mol. The lowest BCUT2D eigenvalue weighted by Gasteiger charge is -2.32. The van der Waals surface area contributed by atoms with Crippen molar-refractivity contribution in [3.8, 4) is 11.5 Å². The predicted molar refractivity (Wildman–Crippen MR) is 151 cm³/mol. The third kappa shape index (κ3) is 7.58. The number of guanidine groups is 2. The van der Waals surface area contributed by atoms with Gasteiger partial charge in [-0.2, -0.15) is 0 Å². The van der Waals surface area contributed by atoms with Crippen LogP contribution in [0.4, 0.5) is 0 Å². The molecule has 208 valence electrons. The second-order valence-corrected chi connectivity index (χ2v) is 9.00. The molecular weight excluding hydrogens is 531 g/mol. The number of hydrogen-bond acceptors (Lipinski definition) is 6. The highest BCUT2D eigenvalue weighted by Gasteiger charge is 2.26. The van der Waals surface area contributed by atoms with Gasteiger partial charge in [0.25, 0.3) is 0 Å². The maximum absolute atomic E-state index is 12.8. The molecule has 10 nitrogen and oxygen atoms in total. The van der Waals surface area contributed by atoms with Gasteiger partial charge >= 0.3 is 5.97 Å². The standard InChI is InChI=1S/C26H34N6O4.2ClH/c1-2-34-24(33)23(36-22-8-3-17-9-12-32(26(29)30)16-19(17)15-22)18-4-6-20(7-5-18)35-21-10-13-31(14-11-21)25(27)28;;/h3-8,15,21,23H,2,9-14,16H2,1H3,(H3,27,28)(H3,29,30);2*1H. The number of ether oxygens (including phenoxy) is 3. The van der Waals surface area contributed by atoms with Gasteiger partial charge in [-0.05, 0) is 48.7 Å². The highest BCUT2D eigenvalue weighted by Crippen LogP contribution is 2.29. The summed E-state index contributed by atoms with van der Waals surface area (Å²) in [5, 5.41) is 15.3. The summed E-state index contributed by atoms with van der Waals surface area (Å²) in [5.74, 6) is 0.933. The smallest absolute Gasteiger partial charge is 0.352 e. The molecule has 1 fully saturated rings. The number of esters is 1. The van der Waals surface area contributed by atoms with Crippen molar-refractivity contribution in [2.45, 2.75) is 44.9 Å². The number of piperidine rings is 1. The summed E-state index contributed by atoms with van der Waals surface area (Å²) in [6.07, 6.45) is 1.49. The minimum Gasteiger partial charge on any atom is -0.490 e. The summed E-state index contributed by atoms with van der Waals surface area (Å²) in [7, 11) is 0. The van der Waals surface area contributed by atoms with E-state index in [2.05, 4.69) is 0 Å². The van der Waals surface area contributed by atoms with Gasteiger partial charge in [-0.3, -0.25) is 10.8 Å². The Kier molecular flexibility index (Phi) is 11.3. The fourth-order valence-electron chi connectivity index (χ4n) is 4.55. The van der Waals surface area contributed by atoms with Gasteiger partial charge in [0.2, 0.25) is 6.10 Å². The molecule has 2 aliphatic heterocycles. The molecule has 0 radical (unpaired) electrons. The van der Waals surface area contributed by atoms with Crippen molar-refractivity contribution in [1.29, 1.82) is 10.8 Å². The van der Waals surface area contributed by atoms with Gasteiger partial charge in [0.15, 0.2) is 11.9 Å². The summed E-state index contributed by atoms with van der Waals surface area (Å²) in [5.41, 5.74) is 14.1. The summed E-state index contributed by atoms with van der Waals surface area (Å²) in [6.45, 7) is 4.64. The zero-order valence-electron chi connectivity index (χ0n) is 21.4. The molecule has 2 heterocycles. The van der Waals surface area contributed by atoms with E-state index in [1.807, 2.05) is 47.4 Å². The van der Waals surface area contributed by atoms with E-state index in [1.165, 1.54) is 5.56 Å². The molecule has 0 spiro atoms. The zero-order valence-corrected chi connectivity index (χ0v) is 23.0. The van der Waals surface area contributed by atoms with Gasteiger partial charge in [-0.1, -0.05) is 18.2 Å². The van der Waals surface area contributed by atoms with Crippen LogP contribution in [-0.2, 0) is 22.5 Å². The van der Waals surface area contributed by atoms with Crippen LogP contribution in [0.25, 0.3) is 0 Å². The molecule has 1 unspecified atom stereocenters. The van der Waals surface area contributed by atoms with Crippen molar-refractivity contribution in [3.05, 3.63) is 59.2 Å². The second kappa shape index (κ2) is 14.0. The molecule has 1 atom stereocenters. The Morgan fingerprint density at radius 3 is 2.18 bits per heavy atom. The topological polar surface area (TPSA) is 151 Å². The van der Waals surface area contributed by atoms with Gasteiger partial charge in [0.1, 0.15) is 17.6 Å². The third-order valence-electron chi connectivity index (χ3n) is 6.55. The number of nitrogens with zero attached hydrogens (tertiary/aromatic N) is 2. The number of likely N-dealkylation sites (tertiary alicyclic amines) is 1. The fourth-order valence-corrected chi connectivity index (χ4v) is 4.55. The number of carbonyl (C=O) groups is 1. The first-order valence-electron chi connectivity index (χ1n) is 12.2. The van der Waals surface area contributed by atoms with Gasteiger partial charge < -0.3 is 35.5 Å². The number of nitrogens with two attached hydrogens (primary N) is 2. The first kappa shape index (κ1) is 30.9. The predicted octanol–water partition coefficient (Wildman–Crippen LogP) is 3.20. The molecule has 0 saturated carbocycles. The molecule has 0 amide bonds. The zero-order chi connectivity index (χ0) is 25.7. The Labute approximate surface area is 235 Å². The lowest BCUT2D eigenvalue weighted by Crippen LogP contribution is -2.44. The normalized spacial score (nSPS) is 15.7. The molecule has 2 aromatic carbocycles. The molecule has 0 aliphatic carbocycles. The number of nitrogens with one attached hydrogen (secondary N) is 2. The van der Waals surface area contributed by atoms with E-state index in [1.54, 1.807) is 11.8 Å². The van der Waals surface area contributed by atoms with E-state index in [0.717, 1.165) is 24.8 Å². The largest absolute Gasteiger partial charge is 0.490 e. The van der Waals surface area contributed by atoms with E-state index in [0.29, 0.717) is 43.2 Å². The monoisotopic (exact) mass is 566 g/mol. The Morgan fingerprint density at radius 1 is 0.947 bits per heavy atom. The van der Waals surface area contributed by atoms with Crippen LogP contribution in [0.5, 0.6) is 11.5 Å². The Hall–Kier alpha value is -3.37. The summed E-state index contributed by atoms with van der Waals surface area (Å²) in [6, 6.07) is 13.1. The Morgan fingerprint density at radius 2 is 1.58 bits per heavy atom. The highest BCUT2D eigenvalue weighted by molar-refractivity contribution is 5.85. The van der Waals surface area contributed by atoms with E-state index >= 15 is 0 Å². The SMILES string of the molecule is CCOC(=O)C(Oc1ccc2c(c1)CN(C(=N)N)CC2)c1ccc(OC2CCN(C(=N)N)CC2)cc1.Cl.Cl. The summed E-state index contributed by atoms with van der Waals surface area (Å²) in [4.78, 5) is 16.4. The molecule has 6 N–H and O–H groups in total. The fraction of sp³-hybridized carbons (Fsp3) is 0.423.